The molecular formula is C13H14F2N2O3. The Kier molecular flexibility index (Phi) is 5.87. The summed E-state index contributed by atoms with van der Waals surface area (Å²) < 4.78 is 34.1. The first-order valence-corrected chi connectivity index (χ1v) is 5.88. The van der Waals surface area contributed by atoms with Crippen molar-refractivity contribution in [1.82, 2.24) is 0 Å². The Bertz CT molecular complexity index is 527. The maximum absolute atomic E-state index is 12.4. The molecular weight excluding hydrogens is 270 g/mol. The molecule has 1 rings (SSSR count). The van der Waals surface area contributed by atoms with Crippen molar-refractivity contribution in [3.8, 4) is 11.8 Å². The van der Waals surface area contributed by atoms with Gasteiger partial charge in [-0.25, -0.2) is 0 Å². The molecule has 5 nitrogen and oxygen atoms in total. The summed E-state index contributed by atoms with van der Waals surface area (Å²) >= 11 is 0. The van der Waals surface area contributed by atoms with Crippen LogP contribution in [0.5, 0.6) is 5.75 Å². The Labute approximate surface area is 114 Å². The number of alkyl halides is 2. The van der Waals surface area contributed by atoms with E-state index in [1.165, 1.54) is 12.1 Å². The zero-order valence-corrected chi connectivity index (χ0v) is 10.9. The van der Waals surface area contributed by atoms with Gasteiger partial charge in [0.2, 0.25) is 0 Å². The smallest absolute Gasteiger partial charge is 0.387 e. The van der Waals surface area contributed by atoms with E-state index in [2.05, 4.69) is 4.74 Å². The molecule has 7 heteroatoms. The lowest BCUT2D eigenvalue weighted by atomic mass is 10.0. The first-order chi connectivity index (χ1) is 9.51. The second kappa shape index (κ2) is 7.40. The zero-order valence-electron chi connectivity index (χ0n) is 10.9. The molecule has 1 aromatic carbocycles. The summed E-state index contributed by atoms with van der Waals surface area (Å²) in [4.78, 5) is 11.5. The van der Waals surface area contributed by atoms with Gasteiger partial charge in [-0.1, -0.05) is 0 Å². The van der Waals surface area contributed by atoms with Crippen LogP contribution in [0.1, 0.15) is 23.6 Å². The molecule has 0 amide bonds. The number of nitriles is 1. The van der Waals surface area contributed by atoms with E-state index < -0.39 is 12.6 Å². The van der Waals surface area contributed by atoms with Gasteiger partial charge < -0.3 is 15.2 Å². The fourth-order valence-corrected chi connectivity index (χ4v) is 1.71. The van der Waals surface area contributed by atoms with Crippen molar-refractivity contribution in [2.24, 2.45) is 5.73 Å². The standard InChI is InChI=1S/C13H14F2N2O3/c1-2-19-11(18)5-9-3-8(6-16)4-10(7-17)12(9)20-13(14)15/h3-4,13H,2,5,7,17H2,1H3. The summed E-state index contributed by atoms with van der Waals surface area (Å²) in [6.45, 7) is -1.33. The van der Waals surface area contributed by atoms with Gasteiger partial charge in [-0.15, -0.1) is 0 Å². The fourth-order valence-electron chi connectivity index (χ4n) is 1.71. The first kappa shape index (κ1) is 15.9. The van der Waals surface area contributed by atoms with Crippen LogP contribution < -0.4 is 10.5 Å². The first-order valence-electron chi connectivity index (χ1n) is 5.88. The van der Waals surface area contributed by atoms with E-state index in [1.54, 1.807) is 6.92 Å². The van der Waals surface area contributed by atoms with E-state index in [1.807, 2.05) is 6.07 Å². The zero-order chi connectivity index (χ0) is 15.1. The predicted molar refractivity (Wildman–Crippen MR) is 66.0 cm³/mol. The third kappa shape index (κ3) is 4.17. The lowest BCUT2D eigenvalue weighted by Crippen LogP contribution is -2.14. The highest BCUT2D eigenvalue weighted by molar-refractivity contribution is 5.74. The van der Waals surface area contributed by atoms with Crippen molar-refractivity contribution in [2.75, 3.05) is 6.61 Å². The molecule has 0 heterocycles. The highest BCUT2D eigenvalue weighted by Gasteiger charge is 2.18. The second-order valence-electron chi connectivity index (χ2n) is 3.80. The summed E-state index contributed by atoms with van der Waals surface area (Å²) in [6, 6.07) is 4.54. The number of benzene rings is 1. The lowest BCUT2D eigenvalue weighted by molar-refractivity contribution is -0.142. The second-order valence-corrected chi connectivity index (χ2v) is 3.80. The average Bonchev–Trinajstić information content (AvgIpc) is 2.40. The maximum Gasteiger partial charge on any atom is 0.387 e. The Morgan fingerprint density at radius 2 is 2.10 bits per heavy atom. The molecule has 0 unspecified atom stereocenters. The van der Waals surface area contributed by atoms with Gasteiger partial charge in [0.25, 0.3) is 0 Å². The van der Waals surface area contributed by atoms with Crippen molar-refractivity contribution >= 4 is 5.97 Å². The normalized spacial score (nSPS) is 10.2. The van der Waals surface area contributed by atoms with E-state index in [4.69, 9.17) is 15.7 Å². The van der Waals surface area contributed by atoms with Crippen molar-refractivity contribution in [2.45, 2.75) is 26.5 Å². The molecule has 20 heavy (non-hydrogen) atoms. The van der Waals surface area contributed by atoms with Gasteiger partial charge in [0.15, 0.2) is 0 Å². The van der Waals surface area contributed by atoms with Crippen LogP contribution in [-0.2, 0) is 22.5 Å². The van der Waals surface area contributed by atoms with Crippen LogP contribution in [0, 0.1) is 11.3 Å². The number of hydrogen-bond acceptors (Lipinski definition) is 5. The number of halogens is 2. The molecule has 0 bridgehead atoms. The van der Waals surface area contributed by atoms with Gasteiger partial charge in [-0.3, -0.25) is 4.79 Å². The molecule has 0 atom stereocenters. The number of nitrogens with two attached hydrogens (primary N) is 1. The molecule has 0 aliphatic heterocycles. The molecule has 0 aromatic heterocycles. The number of nitrogens with zero attached hydrogens (tertiary/aromatic N) is 1. The topological polar surface area (TPSA) is 85.3 Å². The van der Waals surface area contributed by atoms with Gasteiger partial charge in [-0.2, -0.15) is 14.0 Å². The number of hydrogen-bond donors (Lipinski definition) is 1. The van der Waals surface area contributed by atoms with Crippen LogP contribution in [0.15, 0.2) is 12.1 Å². The van der Waals surface area contributed by atoms with Gasteiger partial charge in [0.1, 0.15) is 5.75 Å². The van der Waals surface area contributed by atoms with Gasteiger partial charge in [0, 0.05) is 17.7 Å². The molecule has 0 saturated heterocycles. The quantitative estimate of drug-likeness (QED) is 0.804. The van der Waals surface area contributed by atoms with Gasteiger partial charge in [0.05, 0.1) is 24.7 Å². The van der Waals surface area contributed by atoms with Crippen LogP contribution in [0.25, 0.3) is 0 Å². The van der Waals surface area contributed by atoms with E-state index >= 15 is 0 Å². The number of esters is 1. The summed E-state index contributed by atoms with van der Waals surface area (Å²) in [7, 11) is 0. The average molecular weight is 284 g/mol. The van der Waals surface area contributed by atoms with Gasteiger partial charge in [-0.05, 0) is 19.1 Å². The molecule has 0 radical (unpaired) electrons. The Balaban J connectivity index is 3.22. The number of carbonyl (C=O) groups is 1. The highest BCUT2D eigenvalue weighted by Crippen LogP contribution is 2.28. The highest BCUT2D eigenvalue weighted by atomic mass is 19.3. The van der Waals surface area contributed by atoms with Crippen LogP contribution in [-0.4, -0.2) is 19.2 Å². The molecule has 0 saturated carbocycles. The summed E-state index contributed by atoms with van der Waals surface area (Å²) in [5.41, 5.74) is 6.07. The van der Waals surface area contributed by atoms with E-state index in [0.29, 0.717) is 0 Å². The largest absolute Gasteiger partial charge is 0.466 e. The molecule has 0 aliphatic rings. The van der Waals surface area contributed by atoms with Crippen molar-refractivity contribution < 1.29 is 23.0 Å². The number of rotatable bonds is 6. The monoisotopic (exact) mass is 284 g/mol. The molecule has 2 N–H and O–H groups in total. The van der Waals surface area contributed by atoms with Gasteiger partial charge >= 0.3 is 12.6 Å². The third-order valence-electron chi connectivity index (χ3n) is 2.44. The minimum atomic E-state index is -3.05. The fraction of sp³-hybridized carbons (Fsp3) is 0.385. The minimum Gasteiger partial charge on any atom is -0.466 e. The van der Waals surface area contributed by atoms with E-state index in [9.17, 15) is 13.6 Å². The Morgan fingerprint density at radius 3 is 2.60 bits per heavy atom. The maximum atomic E-state index is 12.4. The van der Waals surface area contributed by atoms with E-state index in [0.717, 1.165) is 0 Å². The third-order valence-corrected chi connectivity index (χ3v) is 2.44. The summed E-state index contributed by atoms with van der Waals surface area (Å²) in [5, 5.41) is 8.90. The van der Waals surface area contributed by atoms with Crippen LogP contribution in [0.4, 0.5) is 8.78 Å². The molecule has 0 spiro atoms. The number of carbonyl (C=O) groups excluding carboxylic acids is 1. The van der Waals surface area contributed by atoms with Crippen LogP contribution in [0.2, 0.25) is 0 Å². The SMILES string of the molecule is CCOC(=O)Cc1cc(C#N)cc(CN)c1OC(F)F. The molecule has 0 aliphatic carbocycles. The summed E-state index contributed by atoms with van der Waals surface area (Å²) in [5.74, 6) is -0.765. The Morgan fingerprint density at radius 1 is 1.45 bits per heavy atom. The van der Waals surface area contributed by atoms with Crippen LogP contribution >= 0.6 is 0 Å². The number of ether oxygens (including phenoxy) is 2. The van der Waals surface area contributed by atoms with Crippen LogP contribution in [0.3, 0.4) is 0 Å². The molecule has 108 valence electrons. The lowest BCUT2D eigenvalue weighted by Gasteiger charge is -2.15. The summed E-state index contributed by atoms with van der Waals surface area (Å²) in [6.07, 6.45) is -0.265. The molecule has 0 fully saturated rings. The molecule has 1 aromatic rings. The van der Waals surface area contributed by atoms with Crippen molar-refractivity contribution in [1.29, 1.82) is 5.26 Å². The predicted octanol–water partition coefficient (Wildman–Crippen LogP) is 1.72. The minimum absolute atomic E-state index is 0.0899. The van der Waals surface area contributed by atoms with Crippen molar-refractivity contribution in [3.05, 3.63) is 28.8 Å². The van der Waals surface area contributed by atoms with Crippen molar-refractivity contribution in [3.63, 3.8) is 0 Å². The van der Waals surface area contributed by atoms with E-state index in [-0.39, 0.29) is 42.0 Å². The Hall–Kier alpha value is -2.20.